The summed E-state index contributed by atoms with van der Waals surface area (Å²) >= 11 is 5.91. The summed E-state index contributed by atoms with van der Waals surface area (Å²) in [5.74, 6) is -2.99. The van der Waals surface area contributed by atoms with Gasteiger partial charge >= 0.3 is 5.97 Å². The summed E-state index contributed by atoms with van der Waals surface area (Å²) in [6.07, 6.45) is 0. The number of nitrogens with zero attached hydrogens (tertiary/aromatic N) is 2. The molecule has 0 atom stereocenters. The van der Waals surface area contributed by atoms with E-state index in [9.17, 15) is 32.5 Å². The van der Waals surface area contributed by atoms with Crippen molar-refractivity contribution in [1.29, 1.82) is 0 Å². The van der Waals surface area contributed by atoms with Gasteiger partial charge in [-0.1, -0.05) is 11.6 Å². The van der Waals surface area contributed by atoms with E-state index in [1.165, 1.54) is 26.2 Å². The Bertz CT molecular complexity index is 1120. The lowest BCUT2D eigenvalue weighted by Gasteiger charge is -2.13. The fraction of sp³-hybridized carbons (Fsp3) is 0.176. The molecular formula is C17H15ClFN3O7S. The van der Waals surface area contributed by atoms with Crippen molar-refractivity contribution in [1.82, 2.24) is 4.31 Å². The predicted molar refractivity (Wildman–Crippen MR) is 104 cm³/mol. The smallest absolute Gasteiger partial charge is 0.340 e. The summed E-state index contributed by atoms with van der Waals surface area (Å²) in [5, 5.41) is 12.7. The van der Waals surface area contributed by atoms with Crippen LogP contribution < -0.4 is 5.32 Å². The monoisotopic (exact) mass is 459 g/mol. The highest BCUT2D eigenvalue weighted by atomic mass is 35.5. The number of nitrogens with one attached hydrogen (secondary N) is 1. The van der Waals surface area contributed by atoms with Gasteiger partial charge in [-0.15, -0.1) is 0 Å². The van der Waals surface area contributed by atoms with E-state index in [4.69, 9.17) is 16.3 Å². The van der Waals surface area contributed by atoms with Gasteiger partial charge in [0.1, 0.15) is 5.82 Å². The first-order valence-electron chi connectivity index (χ1n) is 8.06. The number of nitro benzene ring substituents is 1. The summed E-state index contributed by atoms with van der Waals surface area (Å²) in [5.41, 5.74) is -1.22. The van der Waals surface area contributed by atoms with Crippen molar-refractivity contribution in [3.63, 3.8) is 0 Å². The molecule has 30 heavy (non-hydrogen) atoms. The second kappa shape index (κ2) is 9.15. The van der Waals surface area contributed by atoms with Crippen LogP contribution in [0.3, 0.4) is 0 Å². The number of carbonyl (C=O) groups excluding carboxylic acids is 2. The number of nitro groups is 1. The van der Waals surface area contributed by atoms with Gasteiger partial charge in [0, 0.05) is 26.2 Å². The summed E-state index contributed by atoms with van der Waals surface area (Å²) < 4.78 is 43.8. The molecule has 0 bridgehead atoms. The number of ether oxygens (including phenoxy) is 1. The normalized spacial score (nSPS) is 11.2. The summed E-state index contributed by atoms with van der Waals surface area (Å²) in [4.78, 5) is 33.9. The second-order valence-corrected chi connectivity index (χ2v) is 8.53. The van der Waals surface area contributed by atoms with Crippen LogP contribution in [0.1, 0.15) is 10.4 Å². The van der Waals surface area contributed by atoms with Gasteiger partial charge in [0.15, 0.2) is 6.61 Å². The highest BCUT2D eigenvalue weighted by Gasteiger charge is 2.22. The van der Waals surface area contributed by atoms with Crippen LogP contribution in [-0.2, 0) is 19.6 Å². The summed E-state index contributed by atoms with van der Waals surface area (Å²) in [6, 6.07) is 5.91. The molecular weight excluding hydrogens is 445 g/mol. The average molecular weight is 460 g/mol. The van der Waals surface area contributed by atoms with Gasteiger partial charge in [0.2, 0.25) is 10.0 Å². The van der Waals surface area contributed by atoms with Crippen molar-refractivity contribution >= 4 is 44.9 Å². The molecule has 0 spiro atoms. The number of esters is 1. The molecule has 0 aliphatic carbocycles. The molecule has 0 unspecified atom stereocenters. The van der Waals surface area contributed by atoms with Crippen LogP contribution in [0.15, 0.2) is 41.3 Å². The maximum Gasteiger partial charge on any atom is 0.340 e. The molecule has 2 aromatic carbocycles. The average Bonchev–Trinajstić information content (AvgIpc) is 2.67. The van der Waals surface area contributed by atoms with E-state index in [2.05, 4.69) is 0 Å². The van der Waals surface area contributed by atoms with E-state index in [1.807, 2.05) is 5.32 Å². The zero-order valence-corrected chi connectivity index (χ0v) is 17.2. The molecule has 2 aromatic rings. The predicted octanol–water partition coefficient (Wildman–Crippen LogP) is 2.43. The van der Waals surface area contributed by atoms with Crippen molar-refractivity contribution in [2.75, 3.05) is 26.0 Å². The van der Waals surface area contributed by atoms with E-state index in [-0.39, 0.29) is 15.5 Å². The number of hydrogen-bond acceptors (Lipinski definition) is 7. The largest absolute Gasteiger partial charge is 0.452 e. The highest BCUT2D eigenvalue weighted by molar-refractivity contribution is 7.89. The fourth-order valence-corrected chi connectivity index (χ4v) is 3.27. The molecule has 13 heteroatoms. The van der Waals surface area contributed by atoms with Gasteiger partial charge in [-0.25, -0.2) is 21.9 Å². The third kappa shape index (κ3) is 5.28. The van der Waals surface area contributed by atoms with Gasteiger partial charge in [0.25, 0.3) is 11.6 Å². The van der Waals surface area contributed by atoms with Crippen molar-refractivity contribution in [3.8, 4) is 0 Å². The number of halogens is 2. The molecule has 1 N–H and O–H groups in total. The lowest BCUT2D eigenvalue weighted by Crippen LogP contribution is -2.23. The maximum absolute atomic E-state index is 13.7. The Kier molecular flexibility index (Phi) is 7.08. The quantitative estimate of drug-likeness (QED) is 0.381. The number of amides is 1. The Balaban J connectivity index is 2.12. The Morgan fingerprint density at radius 3 is 2.50 bits per heavy atom. The molecule has 0 aliphatic heterocycles. The molecule has 1 amide bonds. The molecule has 160 valence electrons. The molecule has 10 nitrogen and oxygen atoms in total. The van der Waals surface area contributed by atoms with Gasteiger partial charge in [-0.2, -0.15) is 0 Å². The first-order chi connectivity index (χ1) is 13.9. The minimum atomic E-state index is -3.85. The van der Waals surface area contributed by atoms with E-state index < -0.39 is 50.6 Å². The summed E-state index contributed by atoms with van der Waals surface area (Å²) in [6.45, 7) is -0.873. The first kappa shape index (κ1) is 23.2. The van der Waals surface area contributed by atoms with Crippen LogP contribution in [0.4, 0.5) is 15.8 Å². The molecule has 0 fully saturated rings. The number of carbonyl (C=O) groups is 2. The van der Waals surface area contributed by atoms with Gasteiger partial charge in [-0.3, -0.25) is 14.9 Å². The van der Waals surface area contributed by atoms with Crippen LogP contribution in [0.2, 0.25) is 5.02 Å². The van der Waals surface area contributed by atoms with Crippen LogP contribution in [-0.4, -0.2) is 50.2 Å². The van der Waals surface area contributed by atoms with Gasteiger partial charge in [0.05, 0.1) is 26.1 Å². The van der Waals surface area contributed by atoms with E-state index in [0.717, 1.165) is 28.6 Å². The van der Waals surface area contributed by atoms with Crippen molar-refractivity contribution in [2.45, 2.75) is 4.90 Å². The van der Waals surface area contributed by atoms with Gasteiger partial charge in [-0.05, 0) is 24.3 Å². The van der Waals surface area contributed by atoms with Crippen molar-refractivity contribution < 1.29 is 32.1 Å². The Labute approximate surface area is 175 Å². The molecule has 0 radical (unpaired) electrons. The van der Waals surface area contributed by atoms with Crippen LogP contribution in [0.25, 0.3) is 0 Å². The third-order valence-electron chi connectivity index (χ3n) is 3.71. The lowest BCUT2D eigenvalue weighted by atomic mass is 10.2. The first-order valence-corrected chi connectivity index (χ1v) is 9.88. The Hall–Kier alpha value is -3.09. The lowest BCUT2D eigenvalue weighted by molar-refractivity contribution is -0.384. The number of benzene rings is 2. The summed E-state index contributed by atoms with van der Waals surface area (Å²) in [7, 11) is -1.24. The fourth-order valence-electron chi connectivity index (χ4n) is 2.15. The highest BCUT2D eigenvalue weighted by Crippen LogP contribution is 2.23. The van der Waals surface area contributed by atoms with Gasteiger partial charge < -0.3 is 10.1 Å². The van der Waals surface area contributed by atoms with Crippen molar-refractivity contribution in [3.05, 3.63) is 62.9 Å². The maximum atomic E-state index is 13.7. The second-order valence-electron chi connectivity index (χ2n) is 5.97. The zero-order chi connectivity index (χ0) is 22.6. The molecule has 2 rings (SSSR count). The van der Waals surface area contributed by atoms with Crippen molar-refractivity contribution in [2.24, 2.45) is 0 Å². The number of sulfonamides is 1. The Morgan fingerprint density at radius 1 is 1.23 bits per heavy atom. The molecule has 0 heterocycles. The standard InChI is InChI=1S/C17H15ClFN3O7S/c1-21(2)30(27,28)11-4-5-13(18)12(8-11)17(24)29-9-16(23)20-15-7-10(22(25)26)3-6-14(15)19/h3-8H,9H2,1-2H3,(H,20,23). The van der Waals surface area contributed by atoms with Crippen LogP contribution in [0, 0.1) is 15.9 Å². The zero-order valence-electron chi connectivity index (χ0n) is 15.6. The molecule has 0 saturated heterocycles. The number of non-ortho nitro benzene ring substituents is 1. The molecule has 0 aliphatic rings. The topological polar surface area (TPSA) is 136 Å². The van der Waals surface area contributed by atoms with Crippen LogP contribution >= 0.6 is 11.6 Å². The van der Waals surface area contributed by atoms with E-state index in [0.29, 0.717) is 0 Å². The van der Waals surface area contributed by atoms with Crippen LogP contribution in [0.5, 0.6) is 0 Å². The molecule has 0 saturated carbocycles. The Morgan fingerprint density at radius 2 is 1.90 bits per heavy atom. The third-order valence-corrected chi connectivity index (χ3v) is 5.85. The number of rotatable bonds is 7. The molecule has 0 aromatic heterocycles. The van der Waals surface area contributed by atoms with E-state index >= 15 is 0 Å². The number of hydrogen-bond donors (Lipinski definition) is 1. The van der Waals surface area contributed by atoms with E-state index in [1.54, 1.807) is 0 Å². The minimum Gasteiger partial charge on any atom is -0.452 e. The number of anilines is 1. The SMILES string of the molecule is CN(C)S(=O)(=O)c1ccc(Cl)c(C(=O)OCC(=O)Nc2cc([N+](=O)[O-])ccc2F)c1. The minimum absolute atomic E-state index is 0.108.